The summed E-state index contributed by atoms with van der Waals surface area (Å²) >= 11 is 8.69. The van der Waals surface area contributed by atoms with Crippen LogP contribution in [0, 0.1) is 6.92 Å². The number of carbonyl (C=O) groups excluding carboxylic acids is 2. The average molecular weight is 481 g/mol. The number of amides is 1. The second-order valence-corrected chi connectivity index (χ2v) is 8.62. The normalized spacial score (nSPS) is 10.7. The number of thiophene rings is 1. The van der Waals surface area contributed by atoms with Crippen molar-refractivity contribution in [2.75, 3.05) is 18.2 Å². The molecule has 0 unspecified atom stereocenters. The maximum Gasteiger partial charge on any atom is 0.340 e. The van der Waals surface area contributed by atoms with Crippen LogP contribution >= 0.6 is 34.7 Å². The number of halogens is 1. The molecule has 0 bridgehead atoms. The highest BCUT2D eigenvalue weighted by molar-refractivity contribution is 7.99. The third kappa shape index (κ3) is 5.78. The number of hydrogen-bond acceptors (Lipinski definition) is 8. The summed E-state index contributed by atoms with van der Waals surface area (Å²) in [6.45, 7) is 4.75. The van der Waals surface area contributed by atoms with E-state index in [4.69, 9.17) is 21.1 Å². The number of rotatable bonds is 9. The van der Waals surface area contributed by atoms with Crippen molar-refractivity contribution >= 4 is 51.6 Å². The summed E-state index contributed by atoms with van der Waals surface area (Å²) in [6.07, 6.45) is 0. The zero-order valence-electron chi connectivity index (χ0n) is 17.2. The van der Waals surface area contributed by atoms with Gasteiger partial charge in [-0.25, -0.2) is 4.79 Å². The van der Waals surface area contributed by atoms with E-state index >= 15 is 0 Å². The lowest BCUT2D eigenvalue weighted by Crippen LogP contribution is -2.16. The Bertz CT molecular complexity index is 1080. The molecule has 0 aliphatic carbocycles. The van der Waals surface area contributed by atoms with Gasteiger partial charge in [0.05, 0.1) is 23.4 Å². The van der Waals surface area contributed by atoms with Crippen molar-refractivity contribution in [3.63, 3.8) is 0 Å². The smallest absolute Gasteiger partial charge is 0.340 e. The number of nitrogens with one attached hydrogen (secondary N) is 1. The first kappa shape index (κ1) is 23.1. The van der Waals surface area contributed by atoms with Gasteiger partial charge in [-0.05, 0) is 43.0 Å². The molecule has 8 nitrogen and oxygen atoms in total. The third-order valence-corrected chi connectivity index (χ3v) is 6.32. The Balaban J connectivity index is 1.60. The summed E-state index contributed by atoms with van der Waals surface area (Å²) in [5.74, 6) is 0.578. The number of hydrogen-bond donors (Lipinski definition) is 1. The van der Waals surface area contributed by atoms with Gasteiger partial charge in [0.25, 0.3) is 0 Å². The van der Waals surface area contributed by atoms with Crippen LogP contribution in [0.3, 0.4) is 0 Å². The van der Waals surface area contributed by atoms with Gasteiger partial charge >= 0.3 is 5.97 Å². The minimum Gasteiger partial charge on any atom is -0.484 e. The van der Waals surface area contributed by atoms with E-state index in [9.17, 15) is 9.59 Å². The van der Waals surface area contributed by atoms with Gasteiger partial charge in [0.1, 0.15) is 17.4 Å². The van der Waals surface area contributed by atoms with Crippen LogP contribution < -0.4 is 10.1 Å². The van der Waals surface area contributed by atoms with Crippen molar-refractivity contribution in [2.45, 2.75) is 32.2 Å². The van der Waals surface area contributed by atoms with Gasteiger partial charge in [0, 0.05) is 6.54 Å². The molecule has 3 rings (SSSR count). The zero-order valence-corrected chi connectivity index (χ0v) is 19.6. The lowest BCUT2D eigenvalue weighted by atomic mass is 10.2. The highest BCUT2D eigenvalue weighted by Gasteiger charge is 2.17. The molecule has 1 amide bonds. The highest BCUT2D eigenvalue weighted by Crippen LogP contribution is 2.27. The molecule has 1 aromatic carbocycles. The largest absolute Gasteiger partial charge is 0.484 e. The number of ether oxygens (including phenoxy) is 2. The van der Waals surface area contributed by atoms with Gasteiger partial charge < -0.3 is 19.4 Å². The first-order chi connectivity index (χ1) is 14.9. The minimum atomic E-state index is -0.492. The fourth-order valence-electron chi connectivity index (χ4n) is 2.68. The summed E-state index contributed by atoms with van der Waals surface area (Å²) in [5, 5.41) is 14.4. The van der Waals surface area contributed by atoms with Crippen LogP contribution in [0.4, 0.5) is 5.00 Å². The van der Waals surface area contributed by atoms with Crippen molar-refractivity contribution in [1.82, 2.24) is 14.8 Å². The predicted octanol–water partition coefficient (Wildman–Crippen LogP) is 4.42. The Hall–Kier alpha value is -2.56. The number of anilines is 1. The van der Waals surface area contributed by atoms with Crippen molar-refractivity contribution in [3.8, 4) is 5.75 Å². The molecule has 11 heteroatoms. The highest BCUT2D eigenvalue weighted by atomic mass is 35.5. The van der Waals surface area contributed by atoms with Crippen LogP contribution in [0.15, 0.2) is 34.8 Å². The van der Waals surface area contributed by atoms with Gasteiger partial charge in [-0.1, -0.05) is 29.4 Å². The minimum absolute atomic E-state index is 0.112. The van der Waals surface area contributed by atoms with Crippen molar-refractivity contribution in [3.05, 3.63) is 51.6 Å². The molecule has 0 saturated heterocycles. The Kier molecular flexibility index (Phi) is 7.94. The lowest BCUT2D eigenvalue weighted by Gasteiger charge is -2.10. The maximum absolute atomic E-state index is 12.4. The van der Waals surface area contributed by atoms with E-state index in [-0.39, 0.29) is 18.3 Å². The summed E-state index contributed by atoms with van der Waals surface area (Å²) in [6, 6.07) is 7.17. The number of carbonyl (C=O) groups is 2. The third-order valence-electron chi connectivity index (χ3n) is 4.21. The zero-order chi connectivity index (χ0) is 22.4. The Morgan fingerprint density at radius 3 is 2.84 bits per heavy atom. The van der Waals surface area contributed by atoms with E-state index in [1.165, 1.54) is 30.2 Å². The van der Waals surface area contributed by atoms with E-state index in [0.717, 1.165) is 5.56 Å². The van der Waals surface area contributed by atoms with Gasteiger partial charge in [-0.15, -0.1) is 21.5 Å². The van der Waals surface area contributed by atoms with Gasteiger partial charge in [0.2, 0.25) is 5.91 Å². The fraction of sp³-hybridized carbons (Fsp3) is 0.300. The van der Waals surface area contributed by atoms with Gasteiger partial charge in [-0.3, -0.25) is 4.79 Å². The Morgan fingerprint density at radius 1 is 1.29 bits per heavy atom. The molecule has 1 N–H and O–H groups in total. The molecule has 0 aliphatic heterocycles. The molecule has 3 aromatic rings. The standard InChI is InChI=1S/C20H21ClN4O4S2/c1-4-25-16(10-29-15-9-12(2)5-6-14(15)21)23-24-20(25)31-11-17(26)22-18-13(7-8-30-18)19(27)28-3/h5-9H,4,10-11H2,1-3H3,(H,22,26). The number of aryl methyl sites for hydroxylation is 1. The van der Waals surface area contributed by atoms with E-state index in [1.807, 2.05) is 30.5 Å². The number of nitrogens with zero attached hydrogens (tertiary/aromatic N) is 3. The summed E-state index contributed by atoms with van der Waals surface area (Å²) < 4.78 is 12.4. The van der Waals surface area contributed by atoms with Gasteiger partial charge in [-0.2, -0.15) is 0 Å². The number of benzene rings is 1. The average Bonchev–Trinajstić information content (AvgIpc) is 3.38. The maximum atomic E-state index is 12.4. The van der Waals surface area contributed by atoms with Crippen LogP contribution in [-0.2, 0) is 22.7 Å². The second-order valence-electron chi connectivity index (χ2n) is 6.36. The van der Waals surface area contributed by atoms with Crippen molar-refractivity contribution in [2.24, 2.45) is 0 Å². The van der Waals surface area contributed by atoms with E-state index < -0.39 is 5.97 Å². The second kappa shape index (κ2) is 10.7. The summed E-state index contributed by atoms with van der Waals surface area (Å²) in [4.78, 5) is 24.1. The lowest BCUT2D eigenvalue weighted by molar-refractivity contribution is -0.113. The summed E-state index contributed by atoms with van der Waals surface area (Å²) in [5.41, 5.74) is 1.37. The number of methoxy groups -OCH3 is 1. The Morgan fingerprint density at radius 2 is 2.10 bits per heavy atom. The first-order valence-corrected chi connectivity index (χ1v) is 11.6. The quantitative estimate of drug-likeness (QED) is 0.357. The topological polar surface area (TPSA) is 95.3 Å². The molecule has 0 fully saturated rings. The van der Waals surface area contributed by atoms with Crippen molar-refractivity contribution < 1.29 is 19.1 Å². The fourth-order valence-corrected chi connectivity index (χ4v) is 4.47. The Labute approximate surface area is 192 Å². The first-order valence-electron chi connectivity index (χ1n) is 9.32. The molecule has 2 aromatic heterocycles. The number of aromatic nitrogens is 3. The molecule has 164 valence electrons. The predicted molar refractivity (Wildman–Crippen MR) is 121 cm³/mol. The molecule has 0 atom stereocenters. The van der Waals surface area contributed by atoms with Gasteiger partial charge in [0.15, 0.2) is 11.0 Å². The van der Waals surface area contributed by atoms with E-state index in [0.29, 0.717) is 38.9 Å². The molecule has 0 spiro atoms. The molecule has 31 heavy (non-hydrogen) atoms. The number of thioether (sulfide) groups is 1. The molecule has 0 radical (unpaired) electrons. The molecule has 0 saturated carbocycles. The molecular formula is C20H21ClN4O4S2. The monoisotopic (exact) mass is 480 g/mol. The van der Waals surface area contributed by atoms with E-state index in [1.54, 1.807) is 17.5 Å². The number of esters is 1. The summed E-state index contributed by atoms with van der Waals surface area (Å²) in [7, 11) is 1.30. The van der Waals surface area contributed by atoms with Crippen LogP contribution in [0.5, 0.6) is 5.75 Å². The molecular weight excluding hydrogens is 460 g/mol. The van der Waals surface area contributed by atoms with Crippen LogP contribution in [0.2, 0.25) is 5.02 Å². The SMILES string of the molecule is CCn1c(COc2cc(C)ccc2Cl)nnc1SCC(=O)Nc1sccc1C(=O)OC. The van der Waals surface area contributed by atoms with Crippen LogP contribution in [0.1, 0.15) is 28.7 Å². The molecule has 0 aliphatic rings. The molecule has 2 heterocycles. The van der Waals surface area contributed by atoms with Crippen LogP contribution in [-0.4, -0.2) is 39.5 Å². The van der Waals surface area contributed by atoms with Crippen LogP contribution in [0.25, 0.3) is 0 Å². The van der Waals surface area contributed by atoms with E-state index in [2.05, 4.69) is 15.5 Å². The van der Waals surface area contributed by atoms with Crippen molar-refractivity contribution in [1.29, 1.82) is 0 Å².